The third-order valence-electron chi connectivity index (χ3n) is 4.36. The van der Waals surface area contributed by atoms with Crippen LogP contribution in [0, 0.1) is 23.5 Å². The maximum atomic E-state index is 14.0. The zero-order valence-corrected chi connectivity index (χ0v) is 13.7. The molecule has 0 unspecified atom stereocenters. The Hall–Kier alpha value is -1.09. The predicted octanol–water partition coefficient (Wildman–Crippen LogP) is 5.86. The topological polar surface area (TPSA) is 9.23 Å². The van der Waals surface area contributed by atoms with Gasteiger partial charge in [-0.2, -0.15) is 4.39 Å². The van der Waals surface area contributed by atoms with Crippen molar-refractivity contribution < 1.29 is 13.5 Å². The molecule has 0 saturated heterocycles. The lowest BCUT2D eigenvalue weighted by molar-refractivity contribution is 0.188. The standard InChI is InChI=1S/C18H23ClF2O/c1-2-3-15-8-9-16(18(21)17(15)20)22-12-14-6-4-13(5-7-14)10-11-19/h8-11,13-14H,2-7,12H2,1H3/b11-10+. The van der Waals surface area contributed by atoms with Crippen molar-refractivity contribution in [3.8, 4) is 5.75 Å². The Morgan fingerprint density at radius 1 is 1.18 bits per heavy atom. The molecule has 1 aliphatic carbocycles. The average molecular weight is 329 g/mol. The van der Waals surface area contributed by atoms with Gasteiger partial charge in [-0.3, -0.25) is 0 Å². The molecular formula is C18H23ClF2O. The molecule has 4 heteroatoms. The number of benzene rings is 1. The zero-order valence-electron chi connectivity index (χ0n) is 13.0. The molecule has 1 saturated carbocycles. The van der Waals surface area contributed by atoms with E-state index >= 15 is 0 Å². The molecule has 0 N–H and O–H groups in total. The van der Waals surface area contributed by atoms with Gasteiger partial charge < -0.3 is 4.74 Å². The first-order valence-electron chi connectivity index (χ1n) is 8.02. The van der Waals surface area contributed by atoms with Gasteiger partial charge in [0, 0.05) is 5.54 Å². The Balaban J connectivity index is 1.88. The Kier molecular flexibility index (Phi) is 6.69. The van der Waals surface area contributed by atoms with Crippen LogP contribution in [0.2, 0.25) is 0 Å². The predicted molar refractivity (Wildman–Crippen MR) is 86.3 cm³/mol. The molecule has 0 atom stereocenters. The lowest BCUT2D eigenvalue weighted by Gasteiger charge is -2.26. The van der Waals surface area contributed by atoms with E-state index in [1.54, 1.807) is 17.7 Å². The summed E-state index contributed by atoms with van der Waals surface area (Å²) in [5.41, 5.74) is 2.00. The maximum absolute atomic E-state index is 14.0. The van der Waals surface area contributed by atoms with E-state index in [1.807, 2.05) is 13.0 Å². The van der Waals surface area contributed by atoms with Crippen LogP contribution in [-0.2, 0) is 6.42 Å². The highest BCUT2D eigenvalue weighted by molar-refractivity contribution is 6.25. The van der Waals surface area contributed by atoms with Crippen molar-refractivity contribution >= 4 is 11.6 Å². The highest BCUT2D eigenvalue weighted by Gasteiger charge is 2.21. The van der Waals surface area contributed by atoms with Crippen LogP contribution in [0.25, 0.3) is 0 Å². The van der Waals surface area contributed by atoms with Crippen LogP contribution in [0.15, 0.2) is 23.7 Å². The van der Waals surface area contributed by atoms with Crippen LogP contribution in [0.5, 0.6) is 5.75 Å². The van der Waals surface area contributed by atoms with E-state index in [0.717, 1.165) is 32.1 Å². The van der Waals surface area contributed by atoms with E-state index in [1.165, 1.54) is 0 Å². The number of allylic oxidation sites excluding steroid dienone is 1. The summed E-state index contributed by atoms with van der Waals surface area (Å²) in [5.74, 6) is -0.658. The van der Waals surface area contributed by atoms with Crippen LogP contribution in [0.3, 0.4) is 0 Å². The maximum Gasteiger partial charge on any atom is 0.200 e. The summed E-state index contributed by atoms with van der Waals surface area (Å²) >= 11 is 5.60. The van der Waals surface area contributed by atoms with Crippen molar-refractivity contribution in [3.63, 3.8) is 0 Å². The summed E-state index contributed by atoms with van der Waals surface area (Å²) in [6.45, 7) is 2.39. The van der Waals surface area contributed by atoms with E-state index in [4.69, 9.17) is 16.3 Å². The van der Waals surface area contributed by atoms with E-state index in [0.29, 0.717) is 30.4 Å². The SMILES string of the molecule is CCCc1ccc(OCC2CCC(/C=C/Cl)CC2)c(F)c1F. The molecule has 1 fully saturated rings. The number of halogens is 3. The average Bonchev–Trinajstić information content (AvgIpc) is 2.53. The Morgan fingerprint density at radius 3 is 2.55 bits per heavy atom. The lowest BCUT2D eigenvalue weighted by Crippen LogP contribution is -2.19. The Bertz CT molecular complexity index is 508. The minimum Gasteiger partial charge on any atom is -0.490 e. The van der Waals surface area contributed by atoms with Gasteiger partial charge in [-0.15, -0.1) is 0 Å². The second-order valence-electron chi connectivity index (χ2n) is 6.01. The van der Waals surface area contributed by atoms with Crippen LogP contribution < -0.4 is 4.74 Å². The fourth-order valence-corrected chi connectivity index (χ4v) is 3.21. The molecule has 0 aliphatic heterocycles. The molecule has 0 radical (unpaired) electrons. The fourth-order valence-electron chi connectivity index (χ4n) is 3.00. The first-order chi connectivity index (χ1) is 10.7. The number of rotatable bonds is 6. The molecular weight excluding hydrogens is 306 g/mol. The van der Waals surface area contributed by atoms with Crippen molar-refractivity contribution in [1.29, 1.82) is 0 Å². The summed E-state index contributed by atoms with van der Waals surface area (Å²) in [5, 5.41) is 0. The molecule has 122 valence electrons. The minimum absolute atomic E-state index is 0.0279. The minimum atomic E-state index is -0.857. The number of ether oxygens (including phenoxy) is 1. The number of hydrogen-bond donors (Lipinski definition) is 0. The fraction of sp³-hybridized carbons (Fsp3) is 0.556. The molecule has 22 heavy (non-hydrogen) atoms. The highest BCUT2D eigenvalue weighted by atomic mass is 35.5. The summed E-state index contributed by atoms with van der Waals surface area (Å²) in [6.07, 6.45) is 7.57. The molecule has 0 spiro atoms. The first kappa shape index (κ1) is 17.3. The van der Waals surface area contributed by atoms with Crippen LogP contribution in [0.4, 0.5) is 8.78 Å². The van der Waals surface area contributed by atoms with E-state index in [-0.39, 0.29) is 5.75 Å². The summed E-state index contributed by atoms with van der Waals surface area (Å²) < 4.78 is 33.4. The van der Waals surface area contributed by atoms with Crippen LogP contribution >= 0.6 is 11.6 Å². The van der Waals surface area contributed by atoms with Crippen LogP contribution in [-0.4, -0.2) is 6.61 Å². The number of aryl methyl sites for hydroxylation is 1. The van der Waals surface area contributed by atoms with Gasteiger partial charge in [0.1, 0.15) is 0 Å². The molecule has 1 aromatic rings. The van der Waals surface area contributed by atoms with Gasteiger partial charge >= 0.3 is 0 Å². The van der Waals surface area contributed by atoms with Gasteiger partial charge in [-0.05, 0) is 55.6 Å². The van der Waals surface area contributed by atoms with Gasteiger partial charge in [-0.25, -0.2) is 4.39 Å². The second kappa shape index (κ2) is 8.52. The molecule has 1 nitrogen and oxygen atoms in total. The van der Waals surface area contributed by atoms with Crippen molar-refractivity contribution in [1.82, 2.24) is 0 Å². The van der Waals surface area contributed by atoms with Crippen molar-refractivity contribution in [2.24, 2.45) is 11.8 Å². The first-order valence-corrected chi connectivity index (χ1v) is 8.45. The van der Waals surface area contributed by atoms with Crippen molar-refractivity contribution in [2.45, 2.75) is 45.4 Å². The summed E-state index contributed by atoms with van der Waals surface area (Å²) in [4.78, 5) is 0. The summed E-state index contributed by atoms with van der Waals surface area (Å²) in [7, 11) is 0. The van der Waals surface area contributed by atoms with Gasteiger partial charge in [0.2, 0.25) is 5.82 Å². The number of hydrogen-bond acceptors (Lipinski definition) is 1. The second-order valence-corrected chi connectivity index (χ2v) is 6.26. The molecule has 1 aliphatic rings. The smallest absolute Gasteiger partial charge is 0.200 e. The largest absolute Gasteiger partial charge is 0.490 e. The van der Waals surface area contributed by atoms with Crippen molar-refractivity contribution in [3.05, 3.63) is 40.9 Å². The molecule has 1 aromatic carbocycles. The Labute approximate surface area is 136 Å². The Morgan fingerprint density at radius 2 is 1.91 bits per heavy atom. The van der Waals surface area contributed by atoms with E-state index < -0.39 is 11.6 Å². The van der Waals surface area contributed by atoms with Gasteiger partial charge in [-0.1, -0.05) is 37.1 Å². The summed E-state index contributed by atoms with van der Waals surface area (Å²) in [6, 6.07) is 3.17. The molecule has 0 aromatic heterocycles. The van der Waals surface area contributed by atoms with Gasteiger partial charge in [0.05, 0.1) is 6.61 Å². The van der Waals surface area contributed by atoms with Crippen LogP contribution in [0.1, 0.15) is 44.6 Å². The lowest BCUT2D eigenvalue weighted by atomic mass is 9.82. The third kappa shape index (κ3) is 4.45. The molecule has 0 bridgehead atoms. The van der Waals surface area contributed by atoms with Gasteiger partial charge in [0.25, 0.3) is 0 Å². The highest BCUT2D eigenvalue weighted by Crippen LogP contribution is 2.31. The normalized spacial score (nSPS) is 22.2. The zero-order chi connectivity index (χ0) is 15.9. The van der Waals surface area contributed by atoms with E-state index in [9.17, 15) is 8.78 Å². The van der Waals surface area contributed by atoms with Gasteiger partial charge in [0.15, 0.2) is 11.6 Å². The quantitative estimate of drug-likeness (QED) is 0.636. The third-order valence-corrected chi connectivity index (χ3v) is 4.50. The molecule has 0 heterocycles. The van der Waals surface area contributed by atoms with E-state index in [2.05, 4.69) is 0 Å². The van der Waals surface area contributed by atoms with Crippen molar-refractivity contribution in [2.75, 3.05) is 6.61 Å². The molecule has 0 amide bonds. The molecule has 2 rings (SSSR count). The monoisotopic (exact) mass is 328 g/mol.